The van der Waals surface area contributed by atoms with E-state index in [4.69, 9.17) is 9.73 Å². The number of nitrogens with one attached hydrogen (secondary N) is 1. The zero-order valence-corrected chi connectivity index (χ0v) is 21.6. The molecule has 0 saturated carbocycles. The number of nitrogens with zero attached hydrogens (tertiary/aromatic N) is 1. The maximum absolute atomic E-state index is 13.2. The summed E-state index contributed by atoms with van der Waals surface area (Å²) in [5.41, 5.74) is -1.97. The molecule has 1 amide bonds. The Balaban J connectivity index is 1.59. The number of Topliss-reactive ketones (excluding diaryl/α,β-unsaturated/α-hetero) is 1. The summed E-state index contributed by atoms with van der Waals surface area (Å²) in [7, 11) is 1.53. The van der Waals surface area contributed by atoms with E-state index in [9.17, 15) is 35.9 Å². The van der Waals surface area contributed by atoms with Gasteiger partial charge in [-0.3, -0.25) is 14.6 Å². The van der Waals surface area contributed by atoms with Crippen molar-refractivity contribution in [3.05, 3.63) is 94.0 Å². The van der Waals surface area contributed by atoms with Gasteiger partial charge in [0.05, 0.1) is 35.9 Å². The molecule has 210 valence electrons. The minimum atomic E-state index is -5.10. The lowest BCUT2D eigenvalue weighted by Crippen LogP contribution is -2.30. The second kappa shape index (κ2) is 10.4. The lowest BCUT2D eigenvalue weighted by atomic mass is 9.85. The number of carbonyl (C=O) groups excluding carboxylic acids is 2. The minimum absolute atomic E-state index is 0.0230. The van der Waals surface area contributed by atoms with Gasteiger partial charge in [0.25, 0.3) is 5.91 Å². The number of anilines is 1. The Morgan fingerprint density at radius 1 is 0.900 bits per heavy atom. The summed E-state index contributed by atoms with van der Waals surface area (Å²) in [4.78, 5) is 30.7. The number of amides is 1. The molecule has 0 spiro atoms. The monoisotopic (exact) mass is 562 g/mol. The number of hydrogen-bond acceptors (Lipinski definition) is 4. The van der Waals surface area contributed by atoms with Crippen LogP contribution in [0.5, 0.6) is 5.75 Å². The highest BCUT2D eigenvalue weighted by molar-refractivity contribution is 6.17. The molecule has 3 aromatic rings. The van der Waals surface area contributed by atoms with E-state index in [2.05, 4.69) is 5.32 Å². The Labute approximate surface area is 225 Å². The molecule has 0 aromatic heterocycles. The molecular weight excluding hydrogens is 538 g/mol. The maximum atomic E-state index is 13.2. The van der Waals surface area contributed by atoms with E-state index in [0.717, 1.165) is 11.1 Å². The fraction of sp³-hybridized carbons (Fsp3) is 0.276. The van der Waals surface area contributed by atoms with Crippen molar-refractivity contribution in [2.45, 2.75) is 44.6 Å². The number of alkyl halides is 6. The van der Waals surface area contributed by atoms with E-state index in [1.54, 1.807) is 6.07 Å². The Bertz CT molecular complexity index is 1470. The Hall–Kier alpha value is -4.15. The third kappa shape index (κ3) is 6.52. The second-order valence-electron chi connectivity index (χ2n) is 10.0. The minimum Gasteiger partial charge on any atom is -0.497 e. The molecule has 0 bridgehead atoms. The number of carbonyl (C=O) groups is 2. The largest absolute Gasteiger partial charge is 0.497 e. The molecule has 5 nitrogen and oxygen atoms in total. The molecule has 0 saturated heterocycles. The molecule has 4 rings (SSSR count). The van der Waals surface area contributed by atoms with Gasteiger partial charge in [-0.2, -0.15) is 26.3 Å². The highest BCUT2D eigenvalue weighted by Gasteiger charge is 2.37. The van der Waals surface area contributed by atoms with E-state index in [0.29, 0.717) is 30.0 Å². The van der Waals surface area contributed by atoms with Crippen LogP contribution >= 0.6 is 0 Å². The Morgan fingerprint density at radius 2 is 1.55 bits per heavy atom. The molecule has 1 aliphatic rings. The number of ether oxygens (including phenoxy) is 1. The predicted molar refractivity (Wildman–Crippen MR) is 137 cm³/mol. The van der Waals surface area contributed by atoms with E-state index in [1.807, 2.05) is 26.0 Å². The van der Waals surface area contributed by atoms with Crippen LogP contribution in [-0.2, 0) is 18.8 Å². The molecule has 3 aromatic carbocycles. The Kier molecular flexibility index (Phi) is 7.53. The SMILES string of the molecule is COc1ccc2c(c1)C(CC(=O)c1cccc(NC(=O)c3cc(C(F)(F)F)cc(C(F)(F)F)c3)c1)=NC(C)(C)C2. The highest BCUT2D eigenvalue weighted by atomic mass is 19.4. The van der Waals surface area contributed by atoms with Gasteiger partial charge in [-0.1, -0.05) is 18.2 Å². The van der Waals surface area contributed by atoms with Gasteiger partial charge in [0.2, 0.25) is 0 Å². The number of ketones is 1. The van der Waals surface area contributed by atoms with Crippen LogP contribution in [-0.4, -0.2) is 30.1 Å². The normalized spacial score (nSPS) is 14.7. The molecule has 0 unspecified atom stereocenters. The van der Waals surface area contributed by atoms with Crippen molar-refractivity contribution in [3.8, 4) is 5.75 Å². The van der Waals surface area contributed by atoms with Gasteiger partial charge in [0, 0.05) is 22.4 Å². The van der Waals surface area contributed by atoms with Gasteiger partial charge in [0.15, 0.2) is 5.78 Å². The number of aliphatic imine (C=N–C) groups is 1. The highest BCUT2D eigenvalue weighted by Crippen LogP contribution is 2.36. The number of fused-ring (bicyclic) bond motifs is 1. The van der Waals surface area contributed by atoms with E-state index >= 15 is 0 Å². The average molecular weight is 563 g/mol. The maximum Gasteiger partial charge on any atom is 0.416 e. The zero-order valence-electron chi connectivity index (χ0n) is 21.6. The molecule has 40 heavy (non-hydrogen) atoms. The van der Waals surface area contributed by atoms with Crippen molar-refractivity contribution in [1.29, 1.82) is 0 Å². The van der Waals surface area contributed by atoms with Crippen LogP contribution in [0.1, 0.15) is 63.2 Å². The van der Waals surface area contributed by atoms with Crippen LogP contribution in [0.15, 0.2) is 65.7 Å². The summed E-state index contributed by atoms with van der Waals surface area (Å²) in [5, 5.41) is 2.29. The van der Waals surface area contributed by atoms with Gasteiger partial charge in [0.1, 0.15) is 5.75 Å². The first-order chi connectivity index (χ1) is 18.6. The predicted octanol–water partition coefficient (Wildman–Crippen LogP) is 7.38. The van der Waals surface area contributed by atoms with Crippen molar-refractivity contribution >= 4 is 23.1 Å². The first kappa shape index (κ1) is 28.8. The standard InChI is InChI=1S/C29H24F6N2O3/c1-27(2)15-17-7-8-22(40-3)13-23(17)24(37-27)14-25(38)16-5-4-6-21(11-16)36-26(39)18-9-19(28(30,31)32)12-20(10-18)29(33,34)35/h4-13H,14-15H2,1-3H3,(H,36,39). The lowest BCUT2D eigenvalue weighted by molar-refractivity contribution is -0.143. The van der Waals surface area contributed by atoms with Crippen LogP contribution < -0.4 is 10.1 Å². The van der Waals surface area contributed by atoms with Gasteiger partial charge in [-0.15, -0.1) is 0 Å². The lowest BCUT2D eigenvalue weighted by Gasteiger charge is -2.29. The average Bonchev–Trinajstić information content (AvgIpc) is 2.86. The summed E-state index contributed by atoms with van der Waals surface area (Å²) in [5.74, 6) is -0.938. The first-order valence-electron chi connectivity index (χ1n) is 12.1. The zero-order chi connectivity index (χ0) is 29.5. The van der Waals surface area contributed by atoms with Gasteiger partial charge in [-0.05, 0) is 68.3 Å². The Morgan fingerprint density at radius 3 is 2.15 bits per heavy atom. The molecule has 11 heteroatoms. The van der Waals surface area contributed by atoms with Crippen LogP contribution in [0.2, 0.25) is 0 Å². The molecule has 1 heterocycles. The molecule has 0 atom stereocenters. The van der Waals surface area contributed by atoms with E-state index in [-0.39, 0.29) is 29.5 Å². The number of hydrogen-bond donors (Lipinski definition) is 1. The van der Waals surface area contributed by atoms with Crippen LogP contribution in [0, 0.1) is 0 Å². The number of methoxy groups -OCH3 is 1. The third-order valence-corrected chi connectivity index (χ3v) is 6.31. The fourth-order valence-electron chi connectivity index (χ4n) is 4.49. The summed E-state index contributed by atoms with van der Waals surface area (Å²) >= 11 is 0. The molecule has 0 fully saturated rings. The quantitative estimate of drug-likeness (QED) is 0.252. The van der Waals surface area contributed by atoms with Crippen molar-refractivity contribution in [1.82, 2.24) is 0 Å². The van der Waals surface area contributed by atoms with Crippen LogP contribution in [0.3, 0.4) is 0 Å². The second-order valence-corrected chi connectivity index (χ2v) is 10.0. The number of rotatable bonds is 6. The van der Waals surface area contributed by atoms with Crippen molar-refractivity contribution in [2.75, 3.05) is 12.4 Å². The number of benzene rings is 3. The third-order valence-electron chi connectivity index (χ3n) is 6.31. The van der Waals surface area contributed by atoms with Gasteiger partial charge >= 0.3 is 12.4 Å². The fourth-order valence-corrected chi connectivity index (χ4v) is 4.49. The number of halogens is 6. The molecular formula is C29H24F6N2O3. The van der Waals surface area contributed by atoms with E-state index in [1.165, 1.54) is 31.4 Å². The van der Waals surface area contributed by atoms with Crippen molar-refractivity contribution in [2.24, 2.45) is 4.99 Å². The molecule has 0 radical (unpaired) electrons. The smallest absolute Gasteiger partial charge is 0.416 e. The molecule has 1 aliphatic heterocycles. The summed E-state index contributed by atoms with van der Waals surface area (Å²) in [6.07, 6.45) is -9.61. The van der Waals surface area contributed by atoms with Gasteiger partial charge < -0.3 is 10.1 Å². The topological polar surface area (TPSA) is 67.8 Å². The van der Waals surface area contributed by atoms with Crippen molar-refractivity contribution < 1.29 is 40.7 Å². The molecule has 1 N–H and O–H groups in total. The first-order valence-corrected chi connectivity index (χ1v) is 12.1. The van der Waals surface area contributed by atoms with E-state index < -0.39 is 40.5 Å². The summed E-state index contributed by atoms with van der Waals surface area (Å²) < 4.78 is 84.4. The van der Waals surface area contributed by atoms with Crippen molar-refractivity contribution in [3.63, 3.8) is 0 Å². The van der Waals surface area contributed by atoms with Crippen LogP contribution in [0.25, 0.3) is 0 Å². The summed E-state index contributed by atoms with van der Waals surface area (Å²) in [6, 6.07) is 11.8. The molecule has 0 aliphatic carbocycles. The van der Waals surface area contributed by atoms with Crippen LogP contribution in [0.4, 0.5) is 32.0 Å². The van der Waals surface area contributed by atoms with Gasteiger partial charge in [-0.25, -0.2) is 0 Å². The summed E-state index contributed by atoms with van der Waals surface area (Å²) in [6.45, 7) is 3.89.